The number of hydrogen-bond donors (Lipinski definition) is 0. The van der Waals surface area contributed by atoms with Crippen molar-refractivity contribution in [2.75, 3.05) is 13.2 Å². The summed E-state index contributed by atoms with van der Waals surface area (Å²) in [6.45, 7) is 6.71. The van der Waals surface area contributed by atoms with Gasteiger partial charge in [-0.3, -0.25) is 4.79 Å². The number of allylic oxidation sites excluding steroid dienone is 8. The summed E-state index contributed by atoms with van der Waals surface area (Å²) in [5, 5.41) is 0. The Morgan fingerprint density at radius 1 is 0.900 bits per heavy atom. The summed E-state index contributed by atoms with van der Waals surface area (Å²) in [4.78, 5) is 11.8. The second-order valence-electron chi connectivity index (χ2n) is 8.11. The predicted octanol–water partition coefficient (Wildman–Crippen LogP) is 6.83. The molecule has 0 aliphatic carbocycles. The monoisotopic (exact) mass is 418 g/mol. The van der Waals surface area contributed by atoms with Gasteiger partial charge in [0.25, 0.3) is 0 Å². The second kappa shape index (κ2) is 17.1. The summed E-state index contributed by atoms with van der Waals surface area (Å²) in [5.41, 5.74) is 0. The average molecular weight is 419 g/mol. The van der Waals surface area contributed by atoms with Crippen LogP contribution in [0.2, 0.25) is 0 Å². The van der Waals surface area contributed by atoms with E-state index in [2.05, 4.69) is 55.5 Å². The first kappa shape index (κ1) is 26.4. The van der Waals surface area contributed by atoms with Gasteiger partial charge < -0.3 is 14.2 Å². The van der Waals surface area contributed by atoms with Crippen molar-refractivity contribution >= 4 is 5.97 Å². The van der Waals surface area contributed by atoms with Crippen LogP contribution in [0.5, 0.6) is 0 Å². The Bertz CT molecular complexity index is 557. The first-order valence-electron chi connectivity index (χ1n) is 11.6. The minimum Gasteiger partial charge on any atom is -0.463 e. The van der Waals surface area contributed by atoms with E-state index in [0.29, 0.717) is 13.0 Å². The maximum atomic E-state index is 11.8. The molecule has 4 nitrogen and oxygen atoms in total. The molecule has 0 aromatic rings. The molecule has 0 radical (unpaired) electrons. The highest BCUT2D eigenvalue weighted by Gasteiger charge is 2.33. The van der Waals surface area contributed by atoms with Gasteiger partial charge in [-0.15, -0.1) is 0 Å². The first-order chi connectivity index (χ1) is 14.5. The van der Waals surface area contributed by atoms with E-state index in [0.717, 1.165) is 32.1 Å². The molecule has 0 aromatic carbocycles. The molecule has 1 saturated heterocycles. The zero-order chi connectivity index (χ0) is 21.9. The summed E-state index contributed by atoms with van der Waals surface area (Å²) in [7, 11) is 0. The predicted molar refractivity (Wildman–Crippen MR) is 124 cm³/mol. The SMILES string of the molecule is CCCCC/C=C\C/C=C\C/C=C\C/C=C\CCCC(=O)OC[C@@H]1COC(C)(C)O1. The molecule has 1 heterocycles. The van der Waals surface area contributed by atoms with Gasteiger partial charge in [-0.1, -0.05) is 68.4 Å². The van der Waals surface area contributed by atoms with Gasteiger partial charge in [0.1, 0.15) is 12.7 Å². The summed E-state index contributed by atoms with van der Waals surface area (Å²) in [6.07, 6.45) is 27.7. The van der Waals surface area contributed by atoms with E-state index in [1.165, 1.54) is 25.7 Å². The number of rotatable bonds is 16. The molecule has 1 atom stereocenters. The highest BCUT2D eigenvalue weighted by atomic mass is 16.7. The van der Waals surface area contributed by atoms with Gasteiger partial charge in [-0.05, 0) is 58.8 Å². The fraction of sp³-hybridized carbons (Fsp3) is 0.654. The quantitative estimate of drug-likeness (QED) is 0.157. The molecule has 0 amide bonds. The molecule has 30 heavy (non-hydrogen) atoms. The van der Waals surface area contributed by atoms with Crippen molar-refractivity contribution in [1.29, 1.82) is 0 Å². The average Bonchev–Trinajstić information content (AvgIpc) is 3.07. The van der Waals surface area contributed by atoms with Crippen LogP contribution >= 0.6 is 0 Å². The van der Waals surface area contributed by atoms with Crippen LogP contribution in [0.3, 0.4) is 0 Å². The summed E-state index contributed by atoms with van der Waals surface area (Å²) >= 11 is 0. The molecule has 1 aliphatic heterocycles. The van der Waals surface area contributed by atoms with Crippen molar-refractivity contribution < 1.29 is 19.0 Å². The van der Waals surface area contributed by atoms with Gasteiger partial charge in [0.05, 0.1) is 6.61 Å². The van der Waals surface area contributed by atoms with Gasteiger partial charge in [0.15, 0.2) is 5.79 Å². The van der Waals surface area contributed by atoms with Gasteiger partial charge in [0, 0.05) is 6.42 Å². The van der Waals surface area contributed by atoms with Crippen molar-refractivity contribution in [2.45, 2.75) is 96.9 Å². The van der Waals surface area contributed by atoms with E-state index in [1.807, 2.05) is 13.8 Å². The highest BCUT2D eigenvalue weighted by molar-refractivity contribution is 5.69. The topological polar surface area (TPSA) is 44.8 Å². The van der Waals surface area contributed by atoms with E-state index in [-0.39, 0.29) is 18.7 Å². The number of hydrogen-bond acceptors (Lipinski definition) is 4. The van der Waals surface area contributed by atoms with Crippen molar-refractivity contribution in [3.8, 4) is 0 Å². The lowest BCUT2D eigenvalue weighted by Gasteiger charge is -2.16. The maximum Gasteiger partial charge on any atom is 0.305 e. The Labute approximate surface area is 184 Å². The van der Waals surface area contributed by atoms with Crippen LogP contribution in [0.4, 0.5) is 0 Å². The Hall–Kier alpha value is -1.65. The Kier molecular flexibility index (Phi) is 15.0. The van der Waals surface area contributed by atoms with E-state index in [9.17, 15) is 4.79 Å². The molecular formula is C26H42O4. The van der Waals surface area contributed by atoms with Crippen LogP contribution in [-0.2, 0) is 19.0 Å². The third-order valence-electron chi connectivity index (χ3n) is 4.71. The molecule has 0 bridgehead atoms. The molecule has 1 fully saturated rings. The van der Waals surface area contributed by atoms with Crippen molar-refractivity contribution in [3.05, 3.63) is 48.6 Å². The van der Waals surface area contributed by atoms with Crippen LogP contribution in [0.25, 0.3) is 0 Å². The third kappa shape index (κ3) is 15.2. The standard InChI is InChI=1S/C26H42O4/c1-4-5-6-7-8-9-10-11-12-13-14-15-16-17-18-19-20-21-25(27)28-22-24-23-29-26(2,3)30-24/h8-9,11-12,14-15,17-18,24H,4-7,10,13,16,19-23H2,1-3H3/b9-8-,12-11-,15-14-,18-17-/t24-/m1/s1. The van der Waals surface area contributed by atoms with E-state index in [1.54, 1.807) is 0 Å². The molecule has 0 N–H and O–H groups in total. The molecular weight excluding hydrogens is 376 g/mol. The summed E-state index contributed by atoms with van der Waals surface area (Å²) < 4.78 is 16.3. The smallest absolute Gasteiger partial charge is 0.305 e. The molecule has 0 spiro atoms. The molecule has 0 aromatic heterocycles. The van der Waals surface area contributed by atoms with Crippen molar-refractivity contribution in [1.82, 2.24) is 0 Å². The summed E-state index contributed by atoms with van der Waals surface area (Å²) in [6, 6.07) is 0. The molecule has 170 valence electrons. The van der Waals surface area contributed by atoms with Gasteiger partial charge in [-0.2, -0.15) is 0 Å². The Morgan fingerprint density at radius 2 is 1.47 bits per heavy atom. The van der Waals surface area contributed by atoms with Crippen LogP contribution in [0, 0.1) is 0 Å². The van der Waals surface area contributed by atoms with E-state index < -0.39 is 5.79 Å². The second-order valence-corrected chi connectivity index (χ2v) is 8.11. The minimum absolute atomic E-state index is 0.155. The lowest BCUT2D eigenvalue weighted by Crippen LogP contribution is -2.25. The summed E-state index contributed by atoms with van der Waals surface area (Å²) in [5.74, 6) is -0.739. The molecule has 1 rings (SSSR count). The fourth-order valence-electron chi connectivity index (χ4n) is 3.03. The third-order valence-corrected chi connectivity index (χ3v) is 4.71. The van der Waals surface area contributed by atoms with Crippen LogP contribution in [0.1, 0.15) is 85.0 Å². The highest BCUT2D eigenvalue weighted by Crippen LogP contribution is 2.22. The van der Waals surface area contributed by atoms with Crippen molar-refractivity contribution in [3.63, 3.8) is 0 Å². The number of carbonyl (C=O) groups is 1. The first-order valence-corrected chi connectivity index (χ1v) is 11.6. The number of carbonyl (C=O) groups excluding carboxylic acids is 1. The number of unbranched alkanes of at least 4 members (excludes halogenated alkanes) is 4. The lowest BCUT2D eigenvalue weighted by molar-refractivity contribution is -0.158. The van der Waals surface area contributed by atoms with Gasteiger partial charge in [-0.25, -0.2) is 0 Å². The minimum atomic E-state index is -0.572. The van der Waals surface area contributed by atoms with Crippen LogP contribution in [0.15, 0.2) is 48.6 Å². The number of ether oxygens (including phenoxy) is 3. The van der Waals surface area contributed by atoms with Crippen LogP contribution in [-0.4, -0.2) is 31.1 Å². The zero-order valence-corrected chi connectivity index (χ0v) is 19.3. The molecule has 1 aliphatic rings. The Morgan fingerprint density at radius 3 is 2.00 bits per heavy atom. The Balaban J connectivity index is 1.92. The number of esters is 1. The molecule has 0 saturated carbocycles. The lowest BCUT2D eigenvalue weighted by atomic mass is 10.2. The van der Waals surface area contributed by atoms with Gasteiger partial charge >= 0.3 is 5.97 Å². The normalized spacial score (nSPS) is 19.1. The molecule has 0 unspecified atom stereocenters. The van der Waals surface area contributed by atoms with Gasteiger partial charge in [0.2, 0.25) is 0 Å². The fourth-order valence-corrected chi connectivity index (χ4v) is 3.03. The maximum absolute atomic E-state index is 11.8. The van der Waals surface area contributed by atoms with E-state index >= 15 is 0 Å². The largest absolute Gasteiger partial charge is 0.463 e. The van der Waals surface area contributed by atoms with E-state index in [4.69, 9.17) is 14.2 Å². The van der Waals surface area contributed by atoms with Crippen molar-refractivity contribution in [2.24, 2.45) is 0 Å². The zero-order valence-electron chi connectivity index (χ0n) is 19.3. The van der Waals surface area contributed by atoms with Crippen LogP contribution < -0.4 is 0 Å². The molecule has 4 heteroatoms.